The highest BCUT2D eigenvalue weighted by molar-refractivity contribution is 6.35. The Morgan fingerprint density at radius 1 is 1.32 bits per heavy atom. The quantitative estimate of drug-likeness (QED) is 0.781. The molecule has 2 aromatic heterocycles. The normalized spacial score (nSPS) is 12.8. The molecule has 0 aliphatic rings. The van der Waals surface area contributed by atoms with Gasteiger partial charge in [0.1, 0.15) is 6.10 Å². The van der Waals surface area contributed by atoms with Crippen LogP contribution < -0.4 is 0 Å². The molecule has 3 rings (SSSR count). The van der Waals surface area contributed by atoms with Crippen molar-refractivity contribution in [2.24, 2.45) is 7.05 Å². The van der Waals surface area contributed by atoms with Gasteiger partial charge in [-0.25, -0.2) is 0 Å². The van der Waals surface area contributed by atoms with Gasteiger partial charge in [0.2, 0.25) is 0 Å². The van der Waals surface area contributed by atoms with Crippen LogP contribution in [0.1, 0.15) is 17.2 Å². The third kappa shape index (κ3) is 2.09. The van der Waals surface area contributed by atoms with Gasteiger partial charge in [-0.1, -0.05) is 17.7 Å². The Labute approximate surface area is 115 Å². The molecule has 1 unspecified atom stereocenters. The maximum Gasteiger partial charge on any atom is 0.109 e. The standard InChI is InChI=1S/C14H12ClN3O/c1-18-8-9(7-17-18)14(19)11-4-5-12(15)10-3-2-6-16-13(10)11/h2-8,14,19H,1H3. The van der Waals surface area contributed by atoms with E-state index >= 15 is 0 Å². The average Bonchev–Trinajstić information content (AvgIpc) is 2.86. The third-order valence-electron chi connectivity index (χ3n) is 3.08. The molecule has 3 aromatic rings. The minimum atomic E-state index is -0.761. The smallest absolute Gasteiger partial charge is 0.109 e. The maximum atomic E-state index is 10.5. The summed E-state index contributed by atoms with van der Waals surface area (Å²) in [7, 11) is 1.81. The third-order valence-corrected chi connectivity index (χ3v) is 3.41. The SMILES string of the molecule is Cn1cc(C(O)c2ccc(Cl)c3cccnc23)cn1. The van der Waals surface area contributed by atoms with E-state index in [1.165, 1.54) is 0 Å². The highest BCUT2D eigenvalue weighted by Gasteiger charge is 2.16. The van der Waals surface area contributed by atoms with Crippen molar-refractivity contribution in [1.29, 1.82) is 0 Å². The minimum Gasteiger partial charge on any atom is -0.383 e. The summed E-state index contributed by atoms with van der Waals surface area (Å²) in [5.74, 6) is 0. The number of hydrogen-bond donors (Lipinski definition) is 1. The van der Waals surface area contributed by atoms with Gasteiger partial charge in [0.15, 0.2) is 0 Å². The van der Waals surface area contributed by atoms with E-state index in [4.69, 9.17) is 11.6 Å². The van der Waals surface area contributed by atoms with Crippen molar-refractivity contribution in [2.75, 3.05) is 0 Å². The first-order valence-electron chi connectivity index (χ1n) is 5.86. The second-order valence-electron chi connectivity index (χ2n) is 4.39. The van der Waals surface area contributed by atoms with Crippen LogP contribution in [0.25, 0.3) is 10.9 Å². The van der Waals surface area contributed by atoms with Gasteiger partial charge in [0, 0.05) is 41.0 Å². The summed E-state index contributed by atoms with van der Waals surface area (Å²) in [5, 5.41) is 16.0. The van der Waals surface area contributed by atoms with Crippen LogP contribution in [0.15, 0.2) is 42.9 Å². The van der Waals surface area contributed by atoms with Crippen LogP contribution in [0.5, 0.6) is 0 Å². The average molecular weight is 274 g/mol. The van der Waals surface area contributed by atoms with E-state index in [1.807, 2.05) is 19.2 Å². The number of halogens is 1. The number of fused-ring (bicyclic) bond motifs is 1. The van der Waals surface area contributed by atoms with Gasteiger partial charge in [0.05, 0.1) is 11.7 Å². The largest absolute Gasteiger partial charge is 0.383 e. The van der Waals surface area contributed by atoms with Crippen LogP contribution >= 0.6 is 11.6 Å². The monoisotopic (exact) mass is 273 g/mol. The molecule has 0 saturated carbocycles. The maximum absolute atomic E-state index is 10.5. The molecule has 19 heavy (non-hydrogen) atoms. The fourth-order valence-electron chi connectivity index (χ4n) is 2.14. The highest BCUT2D eigenvalue weighted by atomic mass is 35.5. The number of aryl methyl sites for hydroxylation is 1. The van der Waals surface area contributed by atoms with Gasteiger partial charge < -0.3 is 5.11 Å². The molecule has 2 heterocycles. The molecule has 0 aliphatic heterocycles. The fourth-order valence-corrected chi connectivity index (χ4v) is 2.36. The van der Waals surface area contributed by atoms with Crippen molar-refractivity contribution >= 4 is 22.5 Å². The molecule has 0 bridgehead atoms. The van der Waals surface area contributed by atoms with Gasteiger partial charge in [-0.05, 0) is 18.2 Å². The van der Waals surface area contributed by atoms with Crippen molar-refractivity contribution in [1.82, 2.24) is 14.8 Å². The number of aliphatic hydroxyl groups excluding tert-OH is 1. The van der Waals surface area contributed by atoms with Crippen molar-refractivity contribution in [3.05, 3.63) is 59.0 Å². The lowest BCUT2D eigenvalue weighted by Crippen LogP contribution is -2.00. The lowest BCUT2D eigenvalue weighted by atomic mass is 10.0. The Bertz CT molecular complexity index is 738. The molecule has 0 amide bonds. The lowest BCUT2D eigenvalue weighted by Gasteiger charge is -2.12. The molecule has 0 spiro atoms. The topological polar surface area (TPSA) is 50.9 Å². The Kier molecular flexibility index (Phi) is 2.97. The predicted octanol–water partition coefficient (Wildman–Crippen LogP) is 2.70. The summed E-state index contributed by atoms with van der Waals surface area (Å²) in [6, 6.07) is 7.30. The summed E-state index contributed by atoms with van der Waals surface area (Å²) in [6.45, 7) is 0. The van der Waals surface area contributed by atoms with Crippen molar-refractivity contribution < 1.29 is 5.11 Å². The van der Waals surface area contributed by atoms with Gasteiger partial charge in [0.25, 0.3) is 0 Å². The van der Waals surface area contributed by atoms with Crippen LogP contribution in [-0.4, -0.2) is 19.9 Å². The minimum absolute atomic E-state index is 0.630. The molecule has 0 saturated heterocycles. The number of benzene rings is 1. The van der Waals surface area contributed by atoms with Crippen LogP contribution in [0.3, 0.4) is 0 Å². The van der Waals surface area contributed by atoms with Crippen molar-refractivity contribution in [3.63, 3.8) is 0 Å². The molecule has 1 atom stereocenters. The Morgan fingerprint density at radius 3 is 2.89 bits per heavy atom. The molecule has 0 fully saturated rings. The number of pyridine rings is 1. The number of rotatable bonds is 2. The zero-order valence-electron chi connectivity index (χ0n) is 10.3. The zero-order chi connectivity index (χ0) is 13.4. The zero-order valence-corrected chi connectivity index (χ0v) is 11.0. The molecule has 1 aromatic carbocycles. The first kappa shape index (κ1) is 12.1. The number of nitrogens with zero attached hydrogens (tertiary/aromatic N) is 3. The van der Waals surface area contributed by atoms with Gasteiger partial charge in [-0.2, -0.15) is 5.10 Å². The second-order valence-corrected chi connectivity index (χ2v) is 4.79. The van der Waals surface area contributed by atoms with E-state index in [1.54, 1.807) is 35.4 Å². The van der Waals surface area contributed by atoms with E-state index < -0.39 is 6.10 Å². The Morgan fingerprint density at radius 2 is 2.16 bits per heavy atom. The van der Waals surface area contributed by atoms with Gasteiger partial charge in [-0.3, -0.25) is 9.67 Å². The summed E-state index contributed by atoms with van der Waals surface area (Å²) in [6.07, 6.45) is 4.36. The summed E-state index contributed by atoms with van der Waals surface area (Å²) < 4.78 is 1.66. The molecular weight excluding hydrogens is 262 g/mol. The molecule has 5 heteroatoms. The van der Waals surface area contributed by atoms with Crippen molar-refractivity contribution in [3.8, 4) is 0 Å². The first-order chi connectivity index (χ1) is 9.16. The fraction of sp³-hybridized carbons (Fsp3) is 0.143. The van der Waals surface area contributed by atoms with Gasteiger partial charge in [-0.15, -0.1) is 0 Å². The molecular formula is C14H12ClN3O. The first-order valence-corrected chi connectivity index (χ1v) is 6.24. The molecule has 0 aliphatic carbocycles. The Hall–Kier alpha value is -1.91. The van der Waals surface area contributed by atoms with E-state index in [-0.39, 0.29) is 0 Å². The highest BCUT2D eigenvalue weighted by Crippen LogP contribution is 2.31. The van der Waals surface area contributed by atoms with E-state index in [0.717, 1.165) is 16.5 Å². The van der Waals surface area contributed by atoms with Gasteiger partial charge >= 0.3 is 0 Å². The Balaban J connectivity index is 2.18. The summed E-state index contributed by atoms with van der Waals surface area (Å²) >= 11 is 6.15. The molecule has 0 radical (unpaired) electrons. The van der Waals surface area contributed by atoms with E-state index in [2.05, 4.69) is 10.1 Å². The van der Waals surface area contributed by atoms with Crippen LogP contribution in [0, 0.1) is 0 Å². The van der Waals surface area contributed by atoms with Crippen molar-refractivity contribution in [2.45, 2.75) is 6.10 Å². The summed E-state index contributed by atoms with van der Waals surface area (Å²) in [5.41, 5.74) is 2.18. The lowest BCUT2D eigenvalue weighted by molar-refractivity contribution is 0.221. The molecule has 4 nitrogen and oxygen atoms in total. The van der Waals surface area contributed by atoms with Crippen LogP contribution in [-0.2, 0) is 7.05 Å². The number of aliphatic hydroxyl groups is 1. The second kappa shape index (κ2) is 4.64. The molecule has 1 N–H and O–H groups in total. The van der Waals surface area contributed by atoms with E-state index in [9.17, 15) is 5.11 Å². The van der Waals surface area contributed by atoms with E-state index in [0.29, 0.717) is 10.5 Å². The number of aromatic nitrogens is 3. The van der Waals surface area contributed by atoms with Crippen LogP contribution in [0.2, 0.25) is 5.02 Å². The van der Waals surface area contributed by atoms with Crippen LogP contribution in [0.4, 0.5) is 0 Å². The molecule has 96 valence electrons. The predicted molar refractivity (Wildman–Crippen MR) is 74.0 cm³/mol. The summed E-state index contributed by atoms with van der Waals surface area (Å²) in [4.78, 5) is 4.32. The number of hydrogen-bond acceptors (Lipinski definition) is 3.